The summed E-state index contributed by atoms with van der Waals surface area (Å²) in [5.41, 5.74) is 5.55. The standard InChI is InChI=1S/C21H22ClFN2O3/c22-16-3-1-2-15(12-16)20(27)25-10-8-21(9-11-25,13-19(24)26)14-28-18-6-4-17(23)5-7-18/h1-7,12H,8-11,13-14H2,(H2,24,26). The minimum Gasteiger partial charge on any atom is -0.493 e. The molecule has 0 radical (unpaired) electrons. The van der Waals surface area contributed by atoms with Gasteiger partial charge in [0.05, 0.1) is 6.61 Å². The Morgan fingerprint density at radius 2 is 1.82 bits per heavy atom. The lowest BCUT2D eigenvalue weighted by molar-refractivity contribution is -0.121. The van der Waals surface area contributed by atoms with Gasteiger partial charge < -0.3 is 15.4 Å². The first-order valence-electron chi connectivity index (χ1n) is 9.08. The zero-order chi connectivity index (χ0) is 20.1. The zero-order valence-corrected chi connectivity index (χ0v) is 16.1. The Morgan fingerprint density at radius 1 is 1.14 bits per heavy atom. The summed E-state index contributed by atoms with van der Waals surface area (Å²) in [5, 5.41) is 0.513. The van der Waals surface area contributed by atoms with Crippen LogP contribution >= 0.6 is 11.6 Å². The van der Waals surface area contributed by atoms with Gasteiger partial charge in [-0.15, -0.1) is 0 Å². The molecule has 2 aromatic carbocycles. The van der Waals surface area contributed by atoms with Crippen molar-refractivity contribution in [1.29, 1.82) is 0 Å². The van der Waals surface area contributed by atoms with Crippen LogP contribution in [0.15, 0.2) is 48.5 Å². The number of likely N-dealkylation sites (tertiary alicyclic amines) is 1. The normalized spacial score (nSPS) is 15.9. The Kier molecular flexibility index (Phi) is 6.19. The number of primary amides is 1. The molecule has 0 unspecified atom stereocenters. The smallest absolute Gasteiger partial charge is 0.253 e. The number of hydrogen-bond donors (Lipinski definition) is 1. The third-order valence-corrected chi connectivity index (χ3v) is 5.33. The van der Waals surface area contributed by atoms with Crippen LogP contribution in [-0.4, -0.2) is 36.4 Å². The minimum atomic E-state index is -0.453. The van der Waals surface area contributed by atoms with Crippen molar-refractivity contribution in [3.8, 4) is 5.75 Å². The van der Waals surface area contributed by atoms with Crippen molar-refractivity contribution in [2.75, 3.05) is 19.7 Å². The van der Waals surface area contributed by atoms with Crippen molar-refractivity contribution >= 4 is 23.4 Å². The van der Waals surface area contributed by atoms with E-state index in [-0.39, 0.29) is 24.8 Å². The van der Waals surface area contributed by atoms with Gasteiger partial charge in [0.15, 0.2) is 0 Å². The van der Waals surface area contributed by atoms with Gasteiger partial charge in [-0.25, -0.2) is 4.39 Å². The van der Waals surface area contributed by atoms with Gasteiger partial charge in [0.25, 0.3) is 5.91 Å². The Bertz CT molecular complexity index is 849. The molecule has 1 aliphatic heterocycles. The fourth-order valence-electron chi connectivity index (χ4n) is 3.50. The third kappa shape index (κ3) is 5.01. The molecule has 1 aliphatic rings. The maximum atomic E-state index is 13.1. The van der Waals surface area contributed by atoms with Crippen LogP contribution in [0.4, 0.5) is 4.39 Å². The topological polar surface area (TPSA) is 72.6 Å². The maximum Gasteiger partial charge on any atom is 0.253 e. The van der Waals surface area contributed by atoms with E-state index in [1.165, 1.54) is 12.1 Å². The van der Waals surface area contributed by atoms with E-state index in [1.807, 2.05) is 0 Å². The number of rotatable bonds is 6. The SMILES string of the molecule is NC(=O)CC1(COc2ccc(F)cc2)CCN(C(=O)c2cccc(Cl)c2)CC1. The van der Waals surface area contributed by atoms with Crippen LogP contribution in [0.25, 0.3) is 0 Å². The molecule has 0 aliphatic carbocycles. The minimum absolute atomic E-state index is 0.0883. The van der Waals surface area contributed by atoms with Crippen LogP contribution in [0.1, 0.15) is 29.6 Å². The van der Waals surface area contributed by atoms with E-state index in [9.17, 15) is 14.0 Å². The van der Waals surface area contributed by atoms with E-state index >= 15 is 0 Å². The monoisotopic (exact) mass is 404 g/mol. The number of halogens is 2. The van der Waals surface area contributed by atoms with Crippen molar-refractivity contribution in [1.82, 2.24) is 4.90 Å². The summed E-state index contributed by atoms with van der Waals surface area (Å²) in [7, 11) is 0. The summed E-state index contributed by atoms with van der Waals surface area (Å²) in [6, 6.07) is 12.6. The molecule has 0 aromatic heterocycles. The number of piperidine rings is 1. The summed E-state index contributed by atoms with van der Waals surface area (Å²) >= 11 is 5.98. The highest BCUT2D eigenvalue weighted by molar-refractivity contribution is 6.30. The second-order valence-electron chi connectivity index (χ2n) is 7.19. The predicted molar refractivity (Wildman–Crippen MR) is 105 cm³/mol. The molecular weight excluding hydrogens is 383 g/mol. The van der Waals surface area contributed by atoms with Crippen LogP contribution in [-0.2, 0) is 4.79 Å². The van der Waals surface area contributed by atoms with Gasteiger partial charge >= 0.3 is 0 Å². The van der Waals surface area contributed by atoms with Gasteiger partial charge in [0, 0.05) is 35.5 Å². The lowest BCUT2D eigenvalue weighted by Gasteiger charge is -2.41. The molecule has 7 heteroatoms. The first kappa shape index (κ1) is 20.1. The van der Waals surface area contributed by atoms with Crippen molar-refractivity contribution in [3.63, 3.8) is 0 Å². The lowest BCUT2D eigenvalue weighted by Crippen LogP contribution is -2.47. The number of hydrogen-bond acceptors (Lipinski definition) is 3. The highest BCUT2D eigenvalue weighted by atomic mass is 35.5. The third-order valence-electron chi connectivity index (χ3n) is 5.09. The first-order chi connectivity index (χ1) is 13.4. The zero-order valence-electron chi connectivity index (χ0n) is 15.4. The Morgan fingerprint density at radius 3 is 2.43 bits per heavy atom. The van der Waals surface area contributed by atoms with Gasteiger partial charge in [0.2, 0.25) is 5.91 Å². The van der Waals surface area contributed by atoms with Crippen molar-refractivity contribution < 1.29 is 18.7 Å². The van der Waals surface area contributed by atoms with Crippen LogP contribution in [0.2, 0.25) is 5.02 Å². The number of benzene rings is 2. The molecule has 2 aromatic rings. The number of carbonyl (C=O) groups excluding carboxylic acids is 2. The molecule has 1 saturated heterocycles. The number of carbonyl (C=O) groups is 2. The molecular formula is C21H22ClFN2O3. The second kappa shape index (κ2) is 8.61. The van der Waals surface area contributed by atoms with Crippen molar-refractivity contribution in [2.45, 2.75) is 19.3 Å². The average Bonchev–Trinajstić information content (AvgIpc) is 2.67. The van der Waals surface area contributed by atoms with Crippen LogP contribution < -0.4 is 10.5 Å². The van der Waals surface area contributed by atoms with Crippen molar-refractivity contribution in [2.24, 2.45) is 11.1 Å². The van der Waals surface area contributed by atoms with E-state index in [2.05, 4.69) is 0 Å². The predicted octanol–water partition coefficient (Wildman–Crippen LogP) is 3.66. The summed E-state index contributed by atoms with van der Waals surface area (Å²) in [5.74, 6) is -0.304. The molecule has 2 N–H and O–H groups in total. The molecule has 2 amide bonds. The van der Waals surface area contributed by atoms with Crippen LogP contribution in [0.3, 0.4) is 0 Å². The number of ether oxygens (including phenoxy) is 1. The maximum absolute atomic E-state index is 13.1. The molecule has 1 heterocycles. The summed E-state index contributed by atoms with van der Waals surface area (Å²) in [6.07, 6.45) is 1.35. The molecule has 0 atom stereocenters. The van der Waals surface area contributed by atoms with E-state index in [1.54, 1.807) is 41.3 Å². The fraction of sp³-hybridized carbons (Fsp3) is 0.333. The van der Waals surface area contributed by atoms with E-state index in [0.717, 1.165) is 0 Å². The number of nitrogens with two attached hydrogens (primary N) is 1. The summed E-state index contributed by atoms with van der Waals surface area (Å²) in [6.45, 7) is 1.26. The fourth-order valence-corrected chi connectivity index (χ4v) is 3.69. The van der Waals surface area contributed by atoms with Gasteiger partial charge in [-0.3, -0.25) is 9.59 Å². The van der Waals surface area contributed by atoms with E-state index in [4.69, 9.17) is 22.1 Å². The quantitative estimate of drug-likeness (QED) is 0.798. The molecule has 5 nitrogen and oxygen atoms in total. The molecule has 148 valence electrons. The van der Waals surface area contributed by atoms with Gasteiger partial charge in [-0.05, 0) is 55.3 Å². The second-order valence-corrected chi connectivity index (χ2v) is 7.62. The van der Waals surface area contributed by atoms with Gasteiger partial charge in [-0.2, -0.15) is 0 Å². The first-order valence-corrected chi connectivity index (χ1v) is 9.46. The molecule has 0 bridgehead atoms. The number of amides is 2. The highest BCUT2D eigenvalue weighted by Crippen LogP contribution is 2.36. The number of nitrogens with zero attached hydrogens (tertiary/aromatic N) is 1. The average molecular weight is 405 g/mol. The van der Waals surface area contributed by atoms with Crippen molar-refractivity contribution in [3.05, 3.63) is 64.9 Å². The summed E-state index contributed by atoms with van der Waals surface area (Å²) < 4.78 is 18.9. The molecule has 28 heavy (non-hydrogen) atoms. The van der Waals surface area contributed by atoms with E-state index in [0.29, 0.717) is 42.3 Å². The Labute approximate surface area is 168 Å². The largest absolute Gasteiger partial charge is 0.493 e. The van der Waals surface area contributed by atoms with E-state index < -0.39 is 11.3 Å². The highest BCUT2D eigenvalue weighted by Gasteiger charge is 2.38. The molecule has 1 fully saturated rings. The van der Waals surface area contributed by atoms with Crippen LogP contribution in [0, 0.1) is 11.2 Å². The van der Waals surface area contributed by atoms with Gasteiger partial charge in [-0.1, -0.05) is 17.7 Å². The van der Waals surface area contributed by atoms with Gasteiger partial charge in [0.1, 0.15) is 11.6 Å². The lowest BCUT2D eigenvalue weighted by atomic mass is 9.76. The van der Waals surface area contributed by atoms with Crippen LogP contribution in [0.5, 0.6) is 5.75 Å². The molecule has 0 spiro atoms. The summed E-state index contributed by atoms with van der Waals surface area (Å²) in [4.78, 5) is 26.1. The Balaban J connectivity index is 1.66. The Hall–Kier alpha value is -2.60. The molecule has 3 rings (SSSR count). The molecule has 0 saturated carbocycles.